The molecule has 0 bridgehead atoms. The van der Waals surface area contributed by atoms with E-state index in [0.717, 1.165) is 6.08 Å². The number of carbonyl (C=O) groups is 1. The van der Waals surface area contributed by atoms with E-state index in [1.54, 1.807) is 0 Å². The van der Waals surface area contributed by atoms with Crippen molar-refractivity contribution in [3.8, 4) is 0 Å². The molecule has 0 saturated carbocycles. The van der Waals surface area contributed by atoms with E-state index in [1.165, 1.54) is 20.8 Å². The summed E-state index contributed by atoms with van der Waals surface area (Å²) >= 11 is 0. The summed E-state index contributed by atoms with van der Waals surface area (Å²) in [6.45, 7) is 7.38. The van der Waals surface area contributed by atoms with Crippen molar-refractivity contribution in [2.45, 2.75) is 25.5 Å². The van der Waals surface area contributed by atoms with Crippen molar-refractivity contribution >= 4 is 45.6 Å². The fourth-order valence-electron chi connectivity index (χ4n) is 0. The third-order valence-corrected chi connectivity index (χ3v) is 2.52. The third-order valence-electron chi connectivity index (χ3n) is 0.975. The van der Waals surface area contributed by atoms with Crippen molar-refractivity contribution in [1.29, 1.82) is 0 Å². The summed E-state index contributed by atoms with van der Waals surface area (Å²) in [6, 6.07) is 0. The zero-order valence-electron chi connectivity index (χ0n) is 7.94. The minimum absolute atomic E-state index is 0. The number of rotatable bonds is 1. The van der Waals surface area contributed by atoms with Crippen LogP contribution in [0.15, 0.2) is 12.7 Å². The quantitative estimate of drug-likeness (QED) is 0.368. The van der Waals surface area contributed by atoms with E-state index in [4.69, 9.17) is 4.55 Å². The zero-order valence-corrected chi connectivity index (χ0v) is 8.76. The summed E-state index contributed by atoms with van der Waals surface area (Å²) in [5, 5.41) is 0. The van der Waals surface area contributed by atoms with Crippen molar-refractivity contribution in [3.05, 3.63) is 12.7 Å². The van der Waals surface area contributed by atoms with Gasteiger partial charge >= 0.3 is 29.6 Å². The Morgan fingerprint density at radius 2 is 1.57 bits per heavy atom. The van der Waals surface area contributed by atoms with Crippen LogP contribution in [0.25, 0.3) is 0 Å². The van der Waals surface area contributed by atoms with Crippen LogP contribution < -0.4 is 5.73 Å². The number of amides is 1. The van der Waals surface area contributed by atoms with Gasteiger partial charge in [0.1, 0.15) is 0 Å². The number of nitrogens with two attached hydrogens (primary N) is 1. The average Bonchev–Trinajstić information content (AvgIpc) is 1.84. The van der Waals surface area contributed by atoms with Gasteiger partial charge in [-0.3, -0.25) is 9.35 Å². The van der Waals surface area contributed by atoms with Gasteiger partial charge in [-0.2, -0.15) is 8.42 Å². The fourth-order valence-corrected chi connectivity index (χ4v) is 0. The molecule has 1 amide bonds. The Hall–Kier alpha value is 0.120. The van der Waals surface area contributed by atoms with E-state index in [0.29, 0.717) is 0 Å². The standard InChI is InChI=1S/C4H10O3S.C3H5NO.Na.H/c1-4(2,3)8(5,6)7;1-2-3(4)5;;/h1-3H3,(H,5,6,7);2H,1H2,(H2,4,5);;. The first-order valence-corrected chi connectivity index (χ1v) is 4.85. The normalized spacial score (nSPS) is 10.3. The Balaban J connectivity index is -0.000000177. The monoisotopic (exact) mass is 233 g/mol. The summed E-state index contributed by atoms with van der Waals surface area (Å²) in [4.78, 5) is 9.47. The second-order valence-electron chi connectivity index (χ2n) is 3.19. The SMILES string of the molecule is C=CC(N)=O.CC(C)(C)S(=O)(=O)O.[NaH]. The molecule has 0 spiro atoms. The van der Waals surface area contributed by atoms with E-state index < -0.39 is 20.8 Å². The summed E-state index contributed by atoms with van der Waals surface area (Å²) in [7, 11) is -3.84. The molecule has 0 radical (unpaired) electrons. The van der Waals surface area contributed by atoms with Crippen LogP contribution in [0, 0.1) is 0 Å². The number of hydrogen-bond donors (Lipinski definition) is 2. The molecule has 0 aromatic rings. The Bertz CT molecular complexity index is 279. The molecule has 0 aromatic heterocycles. The zero-order chi connectivity index (χ0) is 11.3. The average molecular weight is 233 g/mol. The van der Waals surface area contributed by atoms with Crippen LogP contribution in [0.2, 0.25) is 0 Å². The van der Waals surface area contributed by atoms with Crippen LogP contribution in [0.4, 0.5) is 0 Å². The molecule has 0 heterocycles. The molecule has 0 aliphatic heterocycles. The van der Waals surface area contributed by atoms with Gasteiger partial charge in [-0.1, -0.05) is 6.58 Å². The van der Waals surface area contributed by atoms with Gasteiger partial charge in [-0.05, 0) is 26.8 Å². The van der Waals surface area contributed by atoms with Gasteiger partial charge in [0.2, 0.25) is 5.91 Å². The van der Waals surface area contributed by atoms with Crippen molar-refractivity contribution in [2.75, 3.05) is 0 Å². The first-order chi connectivity index (χ1) is 5.52. The summed E-state index contributed by atoms with van der Waals surface area (Å²) in [6.07, 6.45) is 1.06. The van der Waals surface area contributed by atoms with Gasteiger partial charge in [0.15, 0.2) is 0 Å². The maximum absolute atomic E-state index is 10.2. The Labute approximate surface area is 107 Å². The topological polar surface area (TPSA) is 97.5 Å². The molecule has 14 heavy (non-hydrogen) atoms. The molecule has 80 valence electrons. The van der Waals surface area contributed by atoms with Crippen LogP contribution >= 0.6 is 0 Å². The summed E-state index contributed by atoms with van der Waals surface area (Å²) < 4.78 is 27.7. The molecule has 5 nitrogen and oxygen atoms in total. The van der Waals surface area contributed by atoms with Crippen molar-refractivity contribution in [1.82, 2.24) is 0 Å². The second kappa shape index (κ2) is 7.42. The Morgan fingerprint density at radius 3 is 1.57 bits per heavy atom. The molecule has 3 N–H and O–H groups in total. The molecule has 0 aliphatic rings. The summed E-state index contributed by atoms with van der Waals surface area (Å²) in [5.41, 5.74) is 4.53. The van der Waals surface area contributed by atoms with Gasteiger partial charge < -0.3 is 5.73 Å². The molecular weight excluding hydrogens is 217 g/mol. The van der Waals surface area contributed by atoms with Crippen LogP contribution in [0.3, 0.4) is 0 Å². The predicted molar refractivity (Wildman–Crippen MR) is 57.8 cm³/mol. The first-order valence-electron chi connectivity index (χ1n) is 3.41. The van der Waals surface area contributed by atoms with Crippen LogP contribution in [-0.2, 0) is 14.9 Å². The van der Waals surface area contributed by atoms with Crippen molar-refractivity contribution < 1.29 is 17.8 Å². The minimum atomic E-state index is -3.84. The van der Waals surface area contributed by atoms with Gasteiger partial charge in [0.25, 0.3) is 10.1 Å². The van der Waals surface area contributed by atoms with Crippen molar-refractivity contribution in [3.63, 3.8) is 0 Å². The second-order valence-corrected chi connectivity index (χ2v) is 5.37. The molecule has 0 rings (SSSR count). The van der Waals surface area contributed by atoms with Gasteiger partial charge in [0.05, 0.1) is 4.75 Å². The van der Waals surface area contributed by atoms with Gasteiger partial charge in [-0.15, -0.1) is 0 Å². The van der Waals surface area contributed by atoms with Crippen LogP contribution in [-0.4, -0.2) is 53.2 Å². The number of hydrogen-bond acceptors (Lipinski definition) is 3. The van der Waals surface area contributed by atoms with E-state index in [-0.39, 0.29) is 29.6 Å². The van der Waals surface area contributed by atoms with Crippen molar-refractivity contribution in [2.24, 2.45) is 5.73 Å². The Kier molecular flexibility index (Phi) is 10.4. The maximum atomic E-state index is 10.2. The van der Waals surface area contributed by atoms with Gasteiger partial charge in [-0.25, -0.2) is 0 Å². The molecule has 7 heteroatoms. The molecule has 0 saturated heterocycles. The van der Waals surface area contributed by atoms with E-state index in [9.17, 15) is 13.2 Å². The predicted octanol–water partition coefficient (Wildman–Crippen LogP) is -0.318. The third kappa shape index (κ3) is 12.1. The molecule has 0 unspecified atom stereocenters. The first kappa shape index (κ1) is 19.7. The van der Waals surface area contributed by atoms with Gasteiger partial charge in [0, 0.05) is 0 Å². The molecular formula is C7H16NNaO4S. The van der Waals surface area contributed by atoms with E-state index in [2.05, 4.69) is 12.3 Å². The van der Waals surface area contributed by atoms with E-state index in [1.807, 2.05) is 0 Å². The molecule has 0 fully saturated rings. The fraction of sp³-hybridized carbons (Fsp3) is 0.571. The van der Waals surface area contributed by atoms with E-state index >= 15 is 0 Å². The van der Waals surface area contributed by atoms with Crippen LogP contribution in [0.1, 0.15) is 20.8 Å². The molecule has 0 aliphatic carbocycles. The number of carbonyl (C=O) groups excluding carboxylic acids is 1. The Morgan fingerprint density at radius 1 is 1.43 bits per heavy atom. The molecule has 0 aromatic carbocycles. The molecule has 0 atom stereocenters. The number of primary amides is 1. The summed E-state index contributed by atoms with van der Waals surface area (Å²) in [5.74, 6) is -0.481. The van der Waals surface area contributed by atoms with Crippen LogP contribution in [0.5, 0.6) is 0 Å².